The van der Waals surface area contributed by atoms with E-state index in [9.17, 15) is 9.59 Å². The first kappa shape index (κ1) is 17.9. The van der Waals surface area contributed by atoms with Gasteiger partial charge in [0.15, 0.2) is 0 Å². The van der Waals surface area contributed by atoms with E-state index in [0.717, 1.165) is 17.5 Å². The number of nitrogens with zero attached hydrogens (tertiary/aromatic N) is 3. The summed E-state index contributed by atoms with van der Waals surface area (Å²) in [6.45, 7) is 1.98. The molecule has 0 aliphatic carbocycles. The molecule has 8 nitrogen and oxygen atoms in total. The number of cyclic esters (lactones) is 1. The SMILES string of the molecule is COc1nc2ccccc2nc1CCC(=O)NCCN1CCCOC1=O. The van der Waals surface area contributed by atoms with E-state index in [1.165, 1.54) is 0 Å². The van der Waals surface area contributed by atoms with Gasteiger partial charge >= 0.3 is 6.09 Å². The van der Waals surface area contributed by atoms with Crippen LogP contribution >= 0.6 is 0 Å². The number of methoxy groups -OCH3 is 1. The topological polar surface area (TPSA) is 93.7 Å². The van der Waals surface area contributed by atoms with Crippen molar-refractivity contribution in [3.63, 3.8) is 0 Å². The molecule has 1 N–H and O–H groups in total. The number of carbonyl (C=O) groups excluding carboxylic acids is 2. The first-order valence-electron chi connectivity index (χ1n) is 8.65. The van der Waals surface area contributed by atoms with Gasteiger partial charge in [0, 0.05) is 32.5 Å². The summed E-state index contributed by atoms with van der Waals surface area (Å²) in [6.07, 6.45) is 1.20. The summed E-state index contributed by atoms with van der Waals surface area (Å²) in [6, 6.07) is 7.53. The maximum absolute atomic E-state index is 12.1. The van der Waals surface area contributed by atoms with Crippen molar-refractivity contribution in [3.8, 4) is 5.88 Å². The Morgan fingerprint density at radius 3 is 2.81 bits per heavy atom. The number of hydrogen-bond donors (Lipinski definition) is 1. The number of carbonyl (C=O) groups is 2. The fraction of sp³-hybridized carbons (Fsp3) is 0.444. The zero-order valence-corrected chi connectivity index (χ0v) is 14.7. The summed E-state index contributed by atoms with van der Waals surface area (Å²) in [7, 11) is 1.54. The van der Waals surface area contributed by atoms with E-state index in [4.69, 9.17) is 9.47 Å². The molecule has 1 aliphatic rings. The van der Waals surface area contributed by atoms with Crippen molar-refractivity contribution < 1.29 is 19.1 Å². The zero-order chi connectivity index (χ0) is 18.4. The van der Waals surface area contributed by atoms with Crippen LogP contribution in [-0.2, 0) is 16.0 Å². The number of benzene rings is 1. The Bertz CT molecular complexity index is 796. The van der Waals surface area contributed by atoms with Gasteiger partial charge in [0.1, 0.15) is 5.69 Å². The fourth-order valence-corrected chi connectivity index (χ4v) is 2.80. The molecule has 26 heavy (non-hydrogen) atoms. The third-order valence-electron chi connectivity index (χ3n) is 4.15. The number of rotatable bonds is 7. The van der Waals surface area contributed by atoms with Crippen molar-refractivity contribution in [3.05, 3.63) is 30.0 Å². The summed E-state index contributed by atoms with van der Waals surface area (Å²) >= 11 is 0. The molecule has 1 aromatic heterocycles. The van der Waals surface area contributed by atoms with Crippen LogP contribution in [0.3, 0.4) is 0 Å². The van der Waals surface area contributed by atoms with Crippen molar-refractivity contribution in [2.75, 3.05) is 33.4 Å². The van der Waals surface area contributed by atoms with Crippen LogP contribution in [0.1, 0.15) is 18.5 Å². The van der Waals surface area contributed by atoms with Gasteiger partial charge in [0.25, 0.3) is 0 Å². The van der Waals surface area contributed by atoms with Crippen molar-refractivity contribution in [2.24, 2.45) is 0 Å². The highest BCUT2D eigenvalue weighted by molar-refractivity contribution is 5.77. The van der Waals surface area contributed by atoms with Gasteiger partial charge < -0.3 is 19.7 Å². The van der Waals surface area contributed by atoms with Crippen LogP contribution in [0.5, 0.6) is 5.88 Å². The molecular formula is C18H22N4O4. The van der Waals surface area contributed by atoms with Gasteiger partial charge in [0.05, 0.1) is 24.8 Å². The Morgan fingerprint density at radius 1 is 1.31 bits per heavy atom. The number of aryl methyl sites for hydroxylation is 1. The third kappa shape index (κ3) is 4.38. The van der Waals surface area contributed by atoms with Gasteiger partial charge in [-0.3, -0.25) is 4.79 Å². The lowest BCUT2D eigenvalue weighted by atomic mass is 10.2. The summed E-state index contributed by atoms with van der Waals surface area (Å²) < 4.78 is 10.3. The molecule has 3 rings (SSSR count). The number of para-hydroxylation sites is 2. The molecule has 1 aromatic carbocycles. The zero-order valence-electron chi connectivity index (χ0n) is 14.7. The first-order valence-corrected chi connectivity index (χ1v) is 8.65. The van der Waals surface area contributed by atoms with Gasteiger partial charge in [-0.1, -0.05) is 12.1 Å². The molecule has 0 bridgehead atoms. The summed E-state index contributed by atoms with van der Waals surface area (Å²) in [5.41, 5.74) is 2.18. The summed E-state index contributed by atoms with van der Waals surface area (Å²) in [4.78, 5) is 34.2. The average Bonchev–Trinajstić information content (AvgIpc) is 2.67. The standard InChI is InChI=1S/C18H22N4O4/c1-25-17-15(20-13-5-2-3-6-14(13)21-17)7-8-16(23)19-9-11-22-10-4-12-26-18(22)24/h2-3,5-6H,4,7-12H2,1H3,(H,19,23). The van der Waals surface area contributed by atoms with E-state index in [-0.39, 0.29) is 18.4 Å². The molecule has 138 valence electrons. The van der Waals surface area contributed by atoms with Crippen LogP contribution in [0.15, 0.2) is 24.3 Å². The van der Waals surface area contributed by atoms with Crippen molar-refractivity contribution in [1.82, 2.24) is 20.2 Å². The largest absolute Gasteiger partial charge is 0.480 e. The number of ether oxygens (including phenoxy) is 2. The molecule has 8 heteroatoms. The molecule has 2 heterocycles. The second-order valence-electron chi connectivity index (χ2n) is 5.97. The predicted molar refractivity (Wildman–Crippen MR) is 95.0 cm³/mol. The predicted octanol–water partition coefficient (Wildman–Crippen LogP) is 1.53. The second-order valence-corrected chi connectivity index (χ2v) is 5.97. The van der Waals surface area contributed by atoms with Crippen LogP contribution in [0.4, 0.5) is 4.79 Å². The Labute approximate surface area is 151 Å². The molecule has 2 aromatic rings. The van der Waals surface area contributed by atoms with E-state index in [1.807, 2.05) is 24.3 Å². The number of amides is 2. The number of nitrogens with one attached hydrogen (secondary N) is 1. The van der Waals surface area contributed by atoms with Crippen molar-refractivity contribution in [1.29, 1.82) is 0 Å². The van der Waals surface area contributed by atoms with Crippen LogP contribution in [0.2, 0.25) is 0 Å². The fourth-order valence-electron chi connectivity index (χ4n) is 2.80. The molecule has 1 fully saturated rings. The van der Waals surface area contributed by atoms with Crippen LogP contribution in [-0.4, -0.2) is 60.2 Å². The molecule has 0 atom stereocenters. The van der Waals surface area contributed by atoms with E-state index in [2.05, 4.69) is 15.3 Å². The van der Waals surface area contributed by atoms with Gasteiger partial charge in [0.2, 0.25) is 11.8 Å². The second kappa shape index (κ2) is 8.46. The molecular weight excluding hydrogens is 336 g/mol. The molecule has 1 aliphatic heterocycles. The third-order valence-corrected chi connectivity index (χ3v) is 4.15. The maximum Gasteiger partial charge on any atom is 0.409 e. The highest BCUT2D eigenvalue weighted by Crippen LogP contribution is 2.19. The van der Waals surface area contributed by atoms with E-state index < -0.39 is 0 Å². The van der Waals surface area contributed by atoms with Gasteiger partial charge in [-0.25, -0.2) is 14.8 Å². The van der Waals surface area contributed by atoms with Crippen LogP contribution in [0, 0.1) is 0 Å². The van der Waals surface area contributed by atoms with E-state index in [1.54, 1.807) is 12.0 Å². The van der Waals surface area contributed by atoms with Crippen LogP contribution < -0.4 is 10.1 Å². The molecule has 1 saturated heterocycles. The number of aromatic nitrogens is 2. The number of hydrogen-bond acceptors (Lipinski definition) is 6. The Hall–Kier alpha value is -2.90. The Balaban J connectivity index is 1.51. The van der Waals surface area contributed by atoms with E-state index >= 15 is 0 Å². The number of fused-ring (bicyclic) bond motifs is 1. The maximum atomic E-state index is 12.1. The summed E-state index contributed by atoms with van der Waals surface area (Å²) in [5.74, 6) is 0.333. The highest BCUT2D eigenvalue weighted by Gasteiger charge is 2.19. The lowest BCUT2D eigenvalue weighted by molar-refractivity contribution is -0.121. The normalized spacial score (nSPS) is 14.2. The monoisotopic (exact) mass is 358 g/mol. The lowest BCUT2D eigenvalue weighted by Crippen LogP contribution is -2.42. The molecule has 0 saturated carbocycles. The van der Waals surface area contributed by atoms with E-state index in [0.29, 0.717) is 44.2 Å². The quantitative estimate of drug-likeness (QED) is 0.807. The molecule has 0 unspecified atom stereocenters. The molecule has 2 amide bonds. The minimum atomic E-state index is -0.318. The Kier molecular flexibility index (Phi) is 5.83. The minimum Gasteiger partial charge on any atom is -0.480 e. The average molecular weight is 358 g/mol. The van der Waals surface area contributed by atoms with Crippen molar-refractivity contribution in [2.45, 2.75) is 19.3 Å². The van der Waals surface area contributed by atoms with Gasteiger partial charge in [-0.2, -0.15) is 0 Å². The summed E-state index contributed by atoms with van der Waals surface area (Å²) in [5, 5.41) is 2.82. The van der Waals surface area contributed by atoms with Gasteiger partial charge in [-0.15, -0.1) is 0 Å². The van der Waals surface area contributed by atoms with Crippen LogP contribution in [0.25, 0.3) is 11.0 Å². The first-order chi connectivity index (χ1) is 12.7. The minimum absolute atomic E-state index is 0.104. The molecule has 0 radical (unpaired) electrons. The molecule has 0 spiro atoms. The highest BCUT2D eigenvalue weighted by atomic mass is 16.6. The lowest BCUT2D eigenvalue weighted by Gasteiger charge is -2.26. The van der Waals surface area contributed by atoms with Gasteiger partial charge in [-0.05, 0) is 18.6 Å². The van der Waals surface area contributed by atoms with Crippen molar-refractivity contribution >= 4 is 23.0 Å². The smallest absolute Gasteiger partial charge is 0.409 e. The Morgan fingerprint density at radius 2 is 2.08 bits per heavy atom.